The molecule has 1 aliphatic carbocycles. The monoisotopic (exact) mass is 436 g/mol. The van der Waals surface area contributed by atoms with Gasteiger partial charge in [0.1, 0.15) is 0 Å². The second-order valence-corrected chi connectivity index (χ2v) is 6.94. The van der Waals surface area contributed by atoms with Gasteiger partial charge in [-0.25, -0.2) is 0 Å². The van der Waals surface area contributed by atoms with Crippen LogP contribution in [-0.2, 0) is 0 Å². The van der Waals surface area contributed by atoms with E-state index < -0.39 is 0 Å². The van der Waals surface area contributed by atoms with Crippen LogP contribution in [0.3, 0.4) is 0 Å². The molecule has 2 aliphatic rings. The van der Waals surface area contributed by atoms with Crippen LogP contribution in [0.5, 0.6) is 0 Å². The third-order valence-electron chi connectivity index (χ3n) is 5.06. The maximum Gasteiger partial charge on any atom is 0.191 e. The number of hydrogen-bond acceptors (Lipinski definition) is 2. The molecule has 1 aliphatic heterocycles. The van der Waals surface area contributed by atoms with Crippen LogP contribution in [0, 0.1) is 0 Å². The summed E-state index contributed by atoms with van der Waals surface area (Å²) in [7, 11) is 1.88. The Morgan fingerprint density at radius 1 is 0.957 bits per heavy atom. The number of nitrogens with zero attached hydrogens (tertiary/aromatic N) is 2. The number of nitrogens with one attached hydrogen (secondary N) is 2. The average Bonchev–Trinajstić information content (AvgIpc) is 2.58. The molecular formula is C18H37IN4. The minimum Gasteiger partial charge on any atom is -0.356 e. The Hall–Kier alpha value is -0.0400. The van der Waals surface area contributed by atoms with Gasteiger partial charge < -0.3 is 15.5 Å². The van der Waals surface area contributed by atoms with E-state index in [-0.39, 0.29) is 24.0 Å². The van der Waals surface area contributed by atoms with Gasteiger partial charge in [-0.05, 0) is 58.2 Å². The van der Waals surface area contributed by atoms with Crippen LogP contribution in [0.25, 0.3) is 0 Å². The smallest absolute Gasteiger partial charge is 0.191 e. The Morgan fingerprint density at radius 3 is 2.35 bits per heavy atom. The van der Waals surface area contributed by atoms with Crippen LogP contribution in [0.1, 0.15) is 70.6 Å². The van der Waals surface area contributed by atoms with E-state index in [0.29, 0.717) is 6.04 Å². The van der Waals surface area contributed by atoms with Gasteiger partial charge in [-0.15, -0.1) is 24.0 Å². The fraction of sp³-hybridized carbons (Fsp3) is 0.944. The molecule has 0 spiro atoms. The number of halogens is 1. The number of hydrogen-bond donors (Lipinski definition) is 2. The molecule has 0 radical (unpaired) electrons. The Kier molecular flexibility index (Phi) is 12.1. The standard InChI is InChI=1S/C18H36N4.HI/c1-19-18(21-17-11-5-2-6-12-17)20-13-7-3-8-14-22-15-9-4-10-16-22;/h17H,2-16H2,1H3,(H2,19,20,21);1H. The zero-order chi connectivity index (χ0) is 15.5. The third-order valence-corrected chi connectivity index (χ3v) is 5.06. The van der Waals surface area contributed by atoms with E-state index in [0.717, 1.165) is 12.5 Å². The summed E-state index contributed by atoms with van der Waals surface area (Å²) >= 11 is 0. The summed E-state index contributed by atoms with van der Waals surface area (Å²) in [5.74, 6) is 1.00. The van der Waals surface area contributed by atoms with Gasteiger partial charge in [-0.1, -0.05) is 32.1 Å². The van der Waals surface area contributed by atoms with Gasteiger partial charge in [0.2, 0.25) is 0 Å². The largest absolute Gasteiger partial charge is 0.356 e. The van der Waals surface area contributed by atoms with E-state index in [2.05, 4.69) is 20.5 Å². The summed E-state index contributed by atoms with van der Waals surface area (Å²) in [6.07, 6.45) is 14.9. The van der Waals surface area contributed by atoms with Gasteiger partial charge >= 0.3 is 0 Å². The minimum atomic E-state index is 0. The first-order chi connectivity index (χ1) is 10.9. The predicted octanol–water partition coefficient (Wildman–Crippen LogP) is 3.76. The van der Waals surface area contributed by atoms with Crippen LogP contribution in [0.4, 0.5) is 0 Å². The van der Waals surface area contributed by atoms with Crippen LogP contribution in [0.15, 0.2) is 4.99 Å². The van der Waals surface area contributed by atoms with E-state index in [9.17, 15) is 0 Å². The molecule has 1 heterocycles. The molecular weight excluding hydrogens is 399 g/mol. The maximum atomic E-state index is 4.36. The van der Waals surface area contributed by atoms with Crippen molar-refractivity contribution < 1.29 is 0 Å². The third kappa shape index (κ3) is 9.13. The summed E-state index contributed by atoms with van der Waals surface area (Å²) in [6, 6.07) is 0.638. The maximum absolute atomic E-state index is 4.36. The zero-order valence-corrected chi connectivity index (χ0v) is 17.3. The number of aliphatic imine (C=N–C) groups is 1. The van der Waals surface area contributed by atoms with Crippen molar-refractivity contribution >= 4 is 29.9 Å². The number of rotatable bonds is 7. The molecule has 23 heavy (non-hydrogen) atoms. The first kappa shape index (κ1) is 21.0. The summed E-state index contributed by atoms with van der Waals surface area (Å²) in [5.41, 5.74) is 0. The highest BCUT2D eigenvalue weighted by Gasteiger charge is 2.14. The topological polar surface area (TPSA) is 39.7 Å². The molecule has 0 bridgehead atoms. The van der Waals surface area contributed by atoms with E-state index in [1.54, 1.807) is 0 Å². The Morgan fingerprint density at radius 2 is 1.65 bits per heavy atom. The molecule has 0 aromatic heterocycles. The molecule has 1 saturated heterocycles. The summed E-state index contributed by atoms with van der Waals surface area (Å²) in [4.78, 5) is 7.00. The first-order valence-corrected chi connectivity index (χ1v) is 9.58. The molecule has 2 fully saturated rings. The summed E-state index contributed by atoms with van der Waals surface area (Å²) in [6.45, 7) is 5.01. The minimum absolute atomic E-state index is 0. The van der Waals surface area contributed by atoms with Gasteiger partial charge in [0.15, 0.2) is 5.96 Å². The molecule has 1 saturated carbocycles. The van der Waals surface area contributed by atoms with Crippen molar-refractivity contribution in [2.45, 2.75) is 76.7 Å². The Balaban J connectivity index is 0.00000264. The van der Waals surface area contributed by atoms with Gasteiger partial charge in [-0.2, -0.15) is 0 Å². The van der Waals surface area contributed by atoms with E-state index in [1.165, 1.54) is 90.3 Å². The predicted molar refractivity (Wildman–Crippen MR) is 111 cm³/mol. The molecule has 2 N–H and O–H groups in total. The SMILES string of the molecule is CN=C(NCCCCCN1CCCCC1)NC1CCCCC1.I. The van der Waals surface area contributed by atoms with Crippen LogP contribution >= 0.6 is 24.0 Å². The lowest BCUT2D eigenvalue weighted by molar-refractivity contribution is 0.224. The van der Waals surface area contributed by atoms with Crippen molar-refractivity contribution in [3.05, 3.63) is 0 Å². The molecule has 0 aromatic rings. The van der Waals surface area contributed by atoms with Crippen molar-refractivity contribution in [2.75, 3.05) is 33.2 Å². The first-order valence-electron chi connectivity index (χ1n) is 9.58. The number of guanidine groups is 1. The van der Waals surface area contributed by atoms with E-state index in [4.69, 9.17) is 0 Å². The highest BCUT2D eigenvalue weighted by atomic mass is 127. The van der Waals surface area contributed by atoms with Crippen molar-refractivity contribution in [2.24, 2.45) is 4.99 Å². The molecule has 0 unspecified atom stereocenters. The molecule has 0 atom stereocenters. The average molecular weight is 436 g/mol. The normalized spacial score (nSPS) is 20.8. The molecule has 5 heteroatoms. The number of piperidine rings is 1. The molecule has 4 nitrogen and oxygen atoms in total. The quantitative estimate of drug-likeness (QED) is 0.276. The van der Waals surface area contributed by atoms with Gasteiger partial charge in [0.25, 0.3) is 0 Å². The van der Waals surface area contributed by atoms with E-state index in [1.807, 2.05) is 7.05 Å². The van der Waals surface area contributed by atoms with Crippen molar-refractivity contribution in [1.29, 1.82) is 0 Å². The lowest BCUT2D eigenvalue weighted by Crippen LogP contribution is -2.44. The lowest BCUT2D eigenvalue weighted by Gasteiger charge is -2.26. The van der Waals surface area contributed by atoms with Gasteiger partial charge in [0.05, 0.1) is 0 Å². The van der Waals surface area contributed by atoms with Crippen LogP contribution in [-0.4, -0.2) is 50.1 Å². The zero-order valence-electron chi connectivity index (χ0n) is 15.0. The fourth-order valence-corrected chi connectivity index (χ4v) is 3.66. The highest BCUT2D eigenvalue weighted by molar-refractivity contribution is 14.0. The molecule has 136 valence electrons. The molecule has 2 rings (SSSR count). The fourth-order valence-electron chi connectivity index (χ4n) is 3.66. The Labute approximate surface area is 160 Å². The number of unbranched alkanes of at least 4 members (excludes halogenated alkanes) is 2. The van der Waals surface area contributed by atoms with Crippen molar-refractivity contribution in [3.8, 4) is 0 Å². The van der Waals surface area contributed by atoms with Gasteiger partial charge in [0, 0.05) is 19.6 Å². The van der Waals surface area contributed by atoms with Crippen molar-refractivity contribution in [3.63, 3.8) is 0 Å². The second kappa shape index (κ2) is 13.3. The number of likely N-dealkylation sites (tertiary alicyclic amines) is 1. The molecule has 0 aromatic carbocycles. The van der Waals surface area contributed by atoms with Crippen LogP contribution in [0.2, 0.25) is 0 Å². The van der Waals surface area contributed by atoms with Crippen LogP contribution < -0.4 is 10.6 Å². The Bertz CT molecular complexity index is 310. The highest BCUT2D eigenvalue weighted by Crippen LogP contribution is 2.17. The lowest BCUT2D eigenvalue weighted by atomic mass is 9.96. The molecule has 0 amide bonds. The second-order valence-electron chi connectivity index (χ2n) is 6.94. The summed E-state index contributed by atoms with van der Waals surface area (Å²) < 4.78 is 0. The van der Waals surface area contributed by atoms with E-state index >= 15 is 0 Å². The van der Waals surface area contributed by atoms with Gasteiger partial charge in [-0.3, -0.25) is 4.99 Å². The van der Waals surface area contributed by atoms with Crippen molar-refractivity contribution in [1.82, 2.24) is 15.5 Å². The summed E-state index contributed by atoms with van der Waals surface area (Å²) in [5, 5.41) is 7.06.